The van der Waals surface area contributed by atoms with Crippen LogP contribution in [0.1, 0.15) is 30.0 Å². The fourth-order valence-electron chi connectivity index (χ4n) is 3.20. The van der Waals surface area contributed by atoms with Crippen LogP contribution in [0.5, 0.6) is 0 Å². The van der Waals surface area contributed by atoms with Crippen molar-refractivity contribution < 1.29 is 8.81 Å². The molecule has 0 bridgehead atoms. The van der Waals surface area contributed by atoms with E-state index < -0.39 is 17.4 Å². The Balaban J connectivity index is 1.81. The van der Waals surface area contributed by atoms with Crippen molar-refractivity contribution in [3.05, 3.63) is 98.4 Å². The first-order chi connectivity index (χ1) is 13.5. The summed E-state index contributed by atoms with van der Waals surface area (Å²) in [5.41, 5.74) is 2.22. The van der Waals surface area contributed by atoms with Crippen molar-refractivity contribution in [2.24, 2.45) is 0 Å². The van der Waals surface area contributed by atoms with Crippen molar-refractivity contribution in [3.8, 4) is 11.1 Å². The molecule has 1 N–H and O–H groups in total. The maximum Gasteiger partial charge on any atom is 0.337 e. The number of nitrogens with zero attached hydrogens (tertiary/aromatic N) is 1. The van der Waals surface area contributed by atoms with Gasteiger partial charge in [0.1, 0.15) is 11.2 Å². The summed E-state index contributed by atoms with van der Waals surface area (Å²) in [6, 6.07) is 19.1. The lowest BCUT2D eigenvalue weighted by Gasteiger charge is -2.08. The molecule has 1 atom stereocenters. The molecule has 5 nitrogen and oxygen atoms in total. The lowest BCUT2D eigenvalue weighted by Crippen LogP contribution is -2.16. The van der Waals surface area contributed by atoms with Crippen molar-refractivity contribution in [2.75, 3.05) is 0 Å². The van der Waals surface area contributed by atoms with Crippen LogP contribution in [-0.4, -0.2) is 9.97 Å². The number of fused-ring (bicyclic) bond motifs is 1. The Labute approximate surface area is 159 Å². The van der Waals surface area contributed by atoms with Crippen LogP contribution in [-0.2, 0) is 6.42 Å². The monoisotopic (exact) mass is 376 g/mol. The summed E-state index contributed by atoms with van der Waals surface area (Å²) in [5, 5.41) is 0.161. The van der Waals surface area contributed by atoms with Gasteiger partial charge in [0.15, 0.2) is 6.17 Å². The minimum atomic E-state index is -1.48. The van der Waals surface area contributed by atoms with Crippen LogP contribution in [0.15, 0.2) is 74.7 Å². The maximum atomic E-state index is 13.5. The zero-order valence-corrected chi connectivity index (χ0v) is 15.1. The van der Waals surface area contributed by atoms with Crippen LogP contribution in [0.25, 0.3) is 22.2 Å². The Morgan fingerprint density at radius 3 is 2.54 bits per heavy atom. The molecule has 4 aromatic rings. The Morgan fingerprint density at radius 1 is 1.04 bits per heavy atom. The minimum absolute atomic E-state index is 0.148. The summed E-state index contributed by atoms with van der Waals surface area (Å²) < 4.78 is 18.6. The molecule has 1 unspecified atom stereocenters. The number of nitrogens with one attached hydrogen (secondary N) is 1. The first-order valence-electron chi connectivity index (χ1n) is 8.86. The lowest BCUT2D eigenvalue weighted by atomic mass is 9.98. The van der Waals surface area contributed by atoms with Crippen molar-refractivity contribution in [2.45, 2.75) is 19.5 Å². The van der Waals surface area contributed by atoms with E-state index >= 15 is 0 Å². The van der Waals surface area contributed by atoms with Gasteiger partial charge in [-0.2, -0.15) is 4.98 Å². The topological polar surface area (TPSA) is 76.0 Å². The Hall–Kier alpha value is -3.54. The van der Waals surface area contributed by atoms with Crippen LogP contribution in [0.4, 0.5) is 4.39 Å². The third kappa shape index (κ3) is 3.49. The van der Waals surface area contributed by atoms with Gasteiger partial charge in [0, 0.05) is 6.07 Å². The number of benzene rings is 2. The number of hydrogen-bond donors (Lipinski definition) is 1. The fourth-order valence-corrected chi connectivity index (χ4v) is 3.20. The first kappa shape index (κ1) is 17.9. The summed E-state index contributed by atoms with van der Waals surface area (Å²) in [7, 11) is 0. The van der Waals surface area contributed by atoms with E-state index in [-0.39, 0.29) is 16.9 Å². The second-order valence-electron chi connectivity index (χ2n) is 6.58. The molecule has 0 saturated carbocycles. The van der Waals surface area contributed by atoms with E-state index in [4.69, 9.17) is 4.42 Å². The third-order valence-corrected chi connectivity index (χ3v) is 4.52. The molecule has 0 aliphatic carbocycles. The predicted molar refractivity (Wildman–Crippen MR) is 105 cm³/mol. The Morgan fingerprint density at radius 2 is 1.79 bits per heavy atom. The molecule has 4 rings (SSSR count). The zero-order chi connectivity index (χ0) is 19.7. The van der Waals surface area contributed by atoms with Crippen LogP contribution in [0.3, 0.4) is 0 Å². The smallest absolute Gasteiger partial charge is 0.337 e. The maximum absolute atomic E-state index is 13.5. The third-order valence-electron chi connectivity index (χ3n) is 4.52. The summed E-state index contributed by atoms with van der Waals surface area (Å²) in [6.07, 6.45) is -1.13. The van der Waals surface area contributed by atoms with E-state index in [9.17, 15) is 14.0 Å². The highest BCUT2D eigenvalue weighted by Crippen LogP contribution is 2.23. The zero-order valence-electron chi connectivity index (χ0n) is 15.1. The molecule has 0 saturated heterocycles. The number of halogens is 1. The van der Waals surface area contributed by atoms with Gasteiger partial charge >= 0.3 is 5.63 Å². The minimum Gasteiger partial charge on any atom is -0.403 e. The molecule has 0 spiro atoms. The highest BCUT2D eigenvalue weighted by Gasteiger charge is 2.16. The molecule has 0 aliphatic rings. The van der Waals surface area contributed by atoms with Gasteiger partial charge < -0.3 is 9.40 Å². The molecule has 2 aromatic heterocycles. The second kappa shape index (κ2) is 7.23. The highest BCUT2D eigenvalue weighted by atomic mass is 19.1. The second-order valence-corrected chi connectivity index (χ2v) is 6.58. The van der Waals surface area contributed by atoms with E-state index in [2.05, 4.69) is 9.97 Å². The highest BCUT2D eigenvalue weighted by molar-refractivity contribution is 5.76. The predicted octanol–water partition coefficient (Wildman–Crippen LogP) is 4.16. The number of alkyl halides is 1. The van der Waals surface area contributed by atoms with E-state index in [1.54, 1.807) is 0 Å². The van der Waals surface area contributed by atoms with Crippen LogP contribution in [0.2, 0.25) is 0 Å². The molecule has 6 heteroatoms. The Bertz CT molecular complexity index is 1260. The van der Waals surface area contributed by atoms with Gasteiger partial charge in [0.25, 0.3) is 5.56 Å². The van der Waals surface area contributed by atoms with Gasteiger partial charge in [-0.25, -0.2) is 9.18 Å². The van der Waals surface area contributed by atoms with E-state index in [1.807, 2.05) is 54.6 Å². The molecule has 2 heterocycles. The average molecular weight is 376 g/mol. The fraction of sp³-hybridized carbons (Fsp3) is 0.136. The standard InChI is InChI=1S/C22H17FN2O3/c1-13(23)20-24-21(27)19-17(12-18(26)28-22(19)25-20)11-14-6-5-9-16(10-14)15-7-3-2-4-8-15/h2-10,12-13H,11H2,1H3,(H,24,25,27). The number of aromatic amines is 1. The molecule has 0 aliphatic heterocycles. The molecule has 0 fully saturated rings. The van der Waals surface area contributed by atoms with Gasteiger partial charge in [-0.3, -0.25) is 4.79 Å². The van der Waals surface area contributed by atoms with E-state index in [0.717, 1.165) is 16.7 Å². The first-order valence-corrected chi connectivity index (χ1v) is 8.86. The van der Waals surface area contributed by atoms with Gasteiger partial charge in [-0.15, -0.1) is 0 Å². The molecular weight excluding hydrogens is 359 g/mol. The van der Waals surface area contributed by atoms with Crippen LogP contribution >= 0.6 is 0 Å². The molecule has 0 radical (unpaired) electrons. The quantitative estimate of drug-likeness (QED) is 0.580. The number of aromatic nitrogens is 2. The summed E-state index contributed by atoms with van der Waals surface area (Å²) in [6.45, 7) is 1.25. The van der Waals surface area contributed by atoms with E-state index in [1.165, 1.54) is 13.0 Å². The molecular formula is C22H17FN2O3. The van der Waals surface area contributed by atoms with Crippen molar-refractivity contribution in [3.63, 3.8) is 0 Å². The number of rotatable bonds is 4. The van der Waals surface area contributed by atoms with Crippen molar-refractivity contribution >= 4 is 11.1 Å². The van der Waals surface area contributed by atoms with Gasteiger partial charge in [-0.1, -0.05) is 54.6 Å². The summed E-state index contributed by atoms with van der Waals surface area (Å²) in [4.78, 5) is 30.8. The van der Waals surface area contributed by atoms with Crippen molar-refractivity contribution in [1.82, 2.24) is 9.97 Å². The summed E-state index contributed by atoms with van der Waals surface area (Å²) in [5.74, 6) is -0.163. The normalized spacial score (nSPS) is 12.2. The molecule has 0 amide bonds. The van der Waals surface area contributed by atoms with Crippen molar-refractivity contribution in [1.29, 1.82) is 0 Å². The van der Waals surface area contributed by atoms with Gasteiger partial charge in [0.2, 0.25) is 5.71 Å². The largest absolute Gasteiger partial charge is 0.403 e. The van der Waals surface area contributed by atoms with Gasteiger partial charge in [0.05, 0.1) is 0 Å². The molecule has 2 aromatic carbocycles. The number of H-pyrrole nitrogens is 1. The average Bonchev–Trinajstić information content (AvgIpc) is 2.68. The van der Waals surface area contributed by atoms with Crippen LogP contribution < -0.4 is 11.2 Å². The van der Waals surface area contributed by atoms with E-state index in [0.29, 0.717) is 12.0 Å². The molecule has 140 valence electrons. The SMILES string of the molecule is CC(F)c1nc2oc(=O)cc(Cc3cccc(-c4ccccc4)c3)c2c(=O)[nH]1. The van der Waals surface area contributed by atoms with Crippen LogP contribution in [0, 0.1) is 0 Å². The Kier molecular flexibility index (Phi) is 4.61. The lowest BCUT2D eigenvalue weighted by molar-refractivity contribution is 0.355. The number of hydrogen-bond acceptors (Lipinski definition) is 4. The summed E-state index contributed by atoms with van der Waals surface area (Å²) >= 11 is 0. The van der Waals surface area contributed by atoms with Gasteiger partial charge in [-0.05, 0) is 35.6 Å². The molecule has 28 heavy (non-hydrogen) atoms.